The zero-order valence-corrected chi connectivity index (χ0v) is 11.3. The maximum Gasteiger partial charge on any atom is 0.232 e. The number of rotatable bonds is 4. The molecular formula is C9H11BrClNO2S. The van der Waals surface area contributed by atoms with Gasteiger partial charge >= 0.3 is 0 Å². The van der Waals surface area contributed by atoms with Gasteiger partial charge < -0.3 is 0 Å². The SMILES string of the molecule is CCCS(=O)(=O)Nc1cccc(Cl)c1Br. The Balaban J connectivity index is 2.95. The van der Waals surface area contributed by atoms with Gasteiger partial charge in [0, 0.05) is 0 Å². The second-order valence-electron chi connectivity index (χ2n) is 3.02. The van der Waals surface area contributed by atoms with Crippen LogP contribution in [0, 0.1) is 0 Å². The molecule has 0 spiro atoms. The third-order valence-corrected chi connectivity index (χ3v) is 4.56. The summed E-state index contributed by atoms with van der Waals surface area (Å²) in [5, 5.41) is 0.478. The van der Waals surface area contributed by atoms with Crippen molar-refractivity contribution in [3.05, 3.63) is 27.7 Å². The zero-order valence-electron chi connectivity index (χ0n) is 8.13. The van der Waals surface area contributed by atoms with Crippen molar-refractivity contribution < 1.29 is 8.42 Å². The molecule has 0 saturated carbocycles. The van der Waals surface area contributed by atoms with Crippen molar-refractivity contribution in [1.82, 2.24) is 0 Å². The van der Waals surface area contributed by atoms with Crippen molar-refractivity contribution in [3.63, 3.8) is 0 Å². The summed E-state index contributed by atoms with van der Waals surface area (Å²) >= 11 is 9.06. The van der Waals surface area contributed by atoms with Crippen LogP contribution in [-0.2, 0) is 10.0 Å². The summed E-state index contributed by atoms with van der Waals surface area (Å²) in [6.45, 7) is 1.81. The van der Waals surface area contributed by atoms with E-state index in [9.17, 15) is 8.42 Å². The first-order chi connectivity index (χ1) is 6.96. The van der Waals surface area contributed by atoms with E-state index in [1.54, 1.807) is 18.2 Å². The van der Waals surface area contributed by atoms with Crippen LogP contribution >= 0.6 is 27.5 Å². The molecule has 6 heteroatoms. The van der Waals surface area contributed by atoms with Gasteiger partial charge in [0.1, 0.15) is 0 Å². The first-order valence-electron chi connectivity index (χ1n) is 4.41. The fourth-order valence-corrected chi connectivity index (χ4v) is 2.88. The monoisotopic (exact) mass is 311 g/mol. The third-order valence-electron chi connectivity index (χ3n) is 1.69. The molecule has 0 unspecified atom stereocenters. The predicted octanol–water partition coefficient (Wildman–Crippen LogP) is 3.25. The van der Waals surface area contributed by atoms with Crippen molar-refractivity contribution in [1.29, 1.82) is 0 Å². The summed E-state index contributed by atoms with van der Waals surface area (Å²) in [7, 11) is -3.26. The molecule has 0 atom stereocenters. The van der Waals surface area contributed by atoms with Crippen molar-refractivity contribution in [3.8, 4) is 0 Å². The highest BCUT2D eigenvalue weighted by Crippen LogP contribution is 2.30. The van der Waals surface area contributed by atoms with Gasteiger partial charge in [-0.3, -0.25) is 4.72 Å². The highest BCUT2D eigenvalue weighted by atomic mass is 79.9. The molecule has 0 aliphatic rings. The Labute approximate surface area is 103 Å². The lowest BCUT2D eigenvalue weighted by atomic mass is 10.3. The summed E-state index contributed by atoms with van der Waals surface area (Å²) in [4.78, 5) is 0. The van der Waals surface area contributed by atoms with Crippen LogP contribution in [0.2, 0.25) is 5.02 Å². The number of hydrogen-bond acceptors (Lipinski definition) is 2. The Bertz CT molecular complexity index is 447. The largest absolute Gasteiger partial charge is 0.282 e. The van der Waals surface area contributed by atoms with Crippen molar-refractivity contribution >= 4 is 43.2 Å². The van der Waals surface area contributed by atoms with Gasteiger partial charge in [0.25, 0.3) is 0 Å². The van der Waals surface area contributed by atoms with Crippen LogP contribution in [0.3, 0.4) is 0 Å². The van der Waals surface area contributed by atoms with E-state index in [1.807, 2.05) is 6.92 Å². The second kappa shape index (κ2) is 5.18. The van der Waals surface area contributed by atoms with E-state index < -0.39 is 10.0 Å². The molecule has 0 bridgehead atoms. The summed E-state index contributed by atoms with van der Waals surface area (Å²) in [5.41, 5.74) is 0.468. The number of sulfonamides is 1. The van der Waals surface area contributed by atoms with Gasteiger partial charge in [-0.15, -0.1) is 0 Å². The minimum atomic E-state index is -3.26. The highest BCUT2D eigenvalue weighted by molar-refractivity contribution is 9.10. The fourth-order valence-electron chi connectivity index (χ4n) is 1.07. The predicted molar refractivity (Wildman–Crippen MR) is 66.9 cm³/mol. The van der Waals surface area contributed by atoms with Crippen molar-refractivity contribution in [2.75, 3.05) is 10.5 Å². The molecule has 1 aromatic rings. The molecule has 3 nitrogen and oxygen atoms in total. The lowest BCUT2D eigenvalue weighted by Crippen LogP contribution is -2.16. The zero-order chi connectivity index (χ0) is 11.5. The molecule has 0 fully saturated rings. The van der Waals surface area contributed by atoms with Gasteiger partial charge in [0.2, 0.25) is 10.0 Å². The van der Waals surface area contributed by atoms with Crippen molar-refractivity contribution in [2.45, 2.75) is 13.3 Å². The third kappa shape index (κ3) is 3.66. The molecule has 84 valence electrons. The summed E-state index contributed by atoms with van der Waals surface area (Å²) in [5.74, 6) is 0.103. The molecule has 0 heterocycles. The fraction of sp³-hybridized carbons (Fsp3) is 0.333. The molecule has 1 N–H and O–H groups in total. The number of anilines is 1. The van der Waals surface area contributed by atoms with Crippen LogP contribution in [0.15, 0.2) is 22.7 Å². The van der Waals surface area contributed by atoms with E-state index in [2.05, 4.69) is 20.7 Å². The molecule has 0 aliphatic heterocycles. The topological polar surface area (TPSA) is 46.2 Å². The van der Waals surface area contributed by atoms with Gasteiger partial charge in [-0.05, 0) is 34.5 Å². The minimum absolute atomic E-state index is 0.103. The van der Waals surface area contributed by atoms with Gasteiger partial charge in [-0.2, -0.15) is 0 Å². The number of nitrogens with one attached hydrogen (secondary N) is 1. The van der Waals surface area contributed by atoms with Crippen LogP contribution in [0.1, 0.15) is 13.3 Å². The maximum atomic E-state index is 11.5. The second-order valence-corrected chi connectivity index (χ2v) is 6.06. The van der Waals surface area contributed by atoms with Gasteiger partial charge in [-0.25, -0.2) is 8.42 Å². The van der Waals surface area contributed by atoms with Crippen LogP contribution in [0.5, 0.6) is 0 Å². The van der Waals surface area contributed by atoms with E-state index >= 15 is 0 Å². The van der Waals surface area contributed by atoms with Crippen molar-refractivity contribution in [2.24, 2.45) is 0 Å². The van der Waals surface area contributed by atoms with E-state index in [0.717, 1.165) is 0 Å². The molecule has 0 saturated heterocycles. The van der Waals surface area contributed by atoms with E-state index in [0.29, 0.717) is 21.6 Å². The summed E-state index contributed by atoms with van der Waals surface area (Å²) < 4.78 is 26.0. The van der Waals surface area contributed by atoms with E-state index in [1.165, 1.54) is 0 Å². The van der Waals surface area contributed by atoms with Gasteiger partial charge in [0.05, 0.1) is 20.9 Å². The van der Waals surface area contributed by atoms with Crippen LogP contribution in [0.25, 0.3) is 0 Å². The van der Waals surface area contributed by atoms with Gasteiger partial charge in [-0.1, -0.05) is 24.6 Å². The molecule has 15 heavy (non-hydrogen) atoms. The first-order valence-corrected chi connectivity index (χ1v) is 7.23. The maximum absolute atomic E-state index is 11.5. The average molecular weight is 313 g/mol. The lowest BCUT2D eigenvalue weighted by Gasteiger charge is -2.09. The minimum Gasteiger partial charge on any atom is -0.282 e. The van der Waals surface area contributed by atoms with Crippen LogP contribution < -0.4 is 4.72 Å². The summed E-state index contributed by atoms with van der Waals surface area (Å²) in [6.07, 6.45) is 0.577. The Kier molecular flexibility index (Phi) is 4.43. The molecule has 0 radical (unpaired) electrons. The molecule has 0 aliphatic carbocycles. The van der Waals surface area contributed by atoms with Crippen LogP contribution in [-0.4, -0.2) is 14.2 Å². The number of hydrogen-bond donors (Lipinski definition) is 1. The molecule has 1 aromatic carbocycles. The summed E-state index contributed by atoms with van der Waals surface area (Å²) in [6, 6.07) is 5.03. The first kappa shape index (κ1) is 12.8. The number of halogens is 2. The molecule has 0 amide bonds. The highest BCUT2D eigenvalue weighted by Gasteiger charge is 2.11. The molecule has 1 rings (SSSR count). The van der Waals surface area contributed by atoms with E-state index in [-0.39, 0.29) is 5.75 Å². The standard InChI is InChI=1S/C9H11BrClNO2S/c1-2-6-15(13,14)12-8-5-3-4-7(11)9(8)10/h3-5,12H,2,6H2,1H3. The average Bonchev–Trinajstić information content (AvgIpc) is 2.12. The lowest BCUT2D eigenvalue weighted by molar-refractivity contribution is 0.600. The normalized spacial score (nSPS) is 11.4. The van der Waals surface area contributed by atoms with Crippen LogP contribution in [0.4, 0.5) is 5.69 Å². The van der Waals surface area contributed by atoms with E-state index in [4.69, 9.17) is 11.6 Å². The molecule has 0 aromatic heterocycles. The smallest absolute Gasteiger partial charge is 0.232 e. The Morgan fingerprint density at radius 3 is 2.73 bits per heavy atom. The Hall–Kier alpha value is -0.260. The quantitative estimate of drug-likeness (QED) is 0.927. The van der Waals surface area contributed by atoms with Gasteiger partial charge in [0.15, 0.2) is 0 Å². The Morgan fingerprint density at radius 1 is 1.47 bits per heavy atom. The molecular weight excluding hydrogens is 302 g/mol. The number of benzene rings is 1. The Morgan fingerprint density at radius 2 is 2.13 bits per heavy atom.